The Kier molecular flexibility index (Phi) is 5.90. The van der Waals surface area contributed by atoms with E-state index < -0.39 is 6.04 Å². The Balaban J connectivity index is 1.47. The van der Waals surface area contributed by atoms with Crippen LogP contribution >= 0.6 is 11.3 Å². The maximum Gasteiger partial charge on any atom is 0.261 e. The Bertz CT molecular complexity index is 809. The van der Waals surface area contributed by atoms with Crippen LogP contribution in [0.15, 0.2) is 28.1 Å². The number of nitrogens with zero attached hydrogens (tertiary/aromatic N) is 2. The number of carbonyl (C=O) groups is 3. The van der Waals surface area contributed by atoms with Gasteiger partial charge in [0.15, 0.2) is 5.82 Å². The fraction of sp³-hybridized carbons (Fsp3) is 0.444. The highest BCUT2D eigenvalue weighted by Crippen LogP contribution is 2.20. The van der Waals surface area contributed by atoms with Gasteiger partial charge in [-0.3, -0.25) is 14.4 Å². The monoisotopic (exact) mass is 390 g/mol. The number of amides is 3. The van der Waals surface area contributed by atoms with Crippen molar-refractivity contribution in [3.63, 3.8) is 0 Å². The molecule has 3 heterocycles. The average Bonchev–Trinajstić information content (AvgIpc) is 3.33. The van der Waals surface area contributed by atoms with E-state index in [1.807, 2.05) is 5.38 Å². The number of thiophene rings is 1. The molecule has 1 atom stereocenters. The van der Waals surface area contributed by atoms with Crippen LogP contribution in [-0.2, 0) is 9.59 Å². The third kappa shape index (κ3) is 4.73. The summed E-state index contributed by atoms with van der Waals surface area (Å²) in [6, 6.07) is 4.57. The van der Waals surface area contributed by atoms with Gasteiger partial charge in [-0.15, -0.1) is 11.3 Å². The van der Waals surface area contributed by atoms with Crippen molar-refractivity contribution >= 4 is 34.9 Å². The van der Waals surface area contributed by atoms with Gasteiger partial charge >= 0.3 is 0 Å². The maximum absolute atomic E-state index is 12.6. The van der Waals surface area contributed by atoms with Crippen LogP contribution < -0.4 is 10.6 Å². The number of nitrogens with one attached hydrogen (secondary N) is 2. The Hall–Kier alpha value is -2.68. The maximum atomic E-state index is 12.6. The lowest BCUT2D eigenvalue weighted by Gasteiger charge is -2.33. The van der Waals surface area contributed by atoms with Crippen molar-refractivity contribution in [2.75, 3.05) is 18.4 Å². The predicted molar refractivity (Wildman–Crippen MR) is 100 cm³/mol. The van der Waals surface area contributed by atoms with Gasteiger partial charge < -0.3 is 20.1 Å². The second kappa shape index (κ2) is 8.34. The minimum Gasteiger partial charge on any atom is -0.360 e. The zero-order valence-electron chi connectivity index (χ0n) is 15.2. The fourth-order valence-corrected chi connectivity index (χ4v) is 3.65. The number of aromatic nitrogens is 1. The molecule has 9 heteroatoms. The zero-order valence-corrected chi connectivity index (χ0v) is 16.0. The molecule has 1 saturated heterocycles. The largest absolute Gasteiger partial charge is 0.360 e. The topological polar surface area (TPSA) is 105 Å². The molecule has 1 aliphatic rings. The quantitative estimate of drug-likeness (QED) is 0.813. The first-order valence-corrected chi connectivity index (χ1v) is 9.69. The molecule has 0 radical (unpaired) electrons. The van der Waals surface area contributed by atoms with Crippen LogP contribution in [0.1, 0.15) is 35.2 Å². The van der Waals surface area contributed by atoms with Gasteiger partial charge in [-0.05, 0) is 38.1 Å². The van der Waals surface area contributed by atoms with Crippen LogP contribution in [0.3, 0.4) is 0 Å². The summed E-state index contributed by atoms with van der Waals surface area (Å²) in [5.74, 6) is 0.357. The number of anilines is 1. The Morgan fingerprint density at radius 1 is 1.33 bits per heavy atom. The molecule has 1 fully saturated rings. The van der Waals surface area contributed by atoms with E-state index in [1.54, 1.807) is 36.9 Å². The van der Waals surface area contributed by atoms with Crippen LogP contribution in [-0.4, -0.2) is 46.9 Å². The lowest BCUT2D eigenvalue weighted by atomic mass is 9.95. The third-order valence-electron chi connectivity index (χ3n) is 4.52. The summed E-state index contributed by atoms with van der Waals surface area (Å²) in [7, 11) is 0. The standard InChI is InChI=1S/C18H22N4O4S/c1-11-10-15(21-26-11)20-16(23)13-5-7-22(8-6-13)18(25)12(2)19-17(24)14-4-3-9-27-14/h3-4,9-10,12-13H,5-8H2,1-2H3,(H,19,24)(H,20,21,23). The van der Waals surface area contributed by atoms with E-state index in [0.717, 1.165) is 0 Å². The van der Waals surface area contributed by atoms with Crippen LogP contribution in [0, 0.1) is 12.8 Å². The minimum absolute atomic E-state index is 0.116. The molecule has 0 aliphatic carbocycles. The van der Waals surface area contributed by atoms with E-state index in [1.165, 1.54) is 11.3 Å². The van der Waals surface area contributed by atoms with Gasteiger partial charge in [0.05, 0.1) is 4.88 Å². The molecule has 2 aromatic heterocycles. The SMILES string of the molecule is Cc1cc(NC(=O)C2CCN(C(=O)C(C)NC(=O)c3cccs3)CC2)no1. The van der Waals surface area contributed by atoms with Crippen LogP contribution in [0.5, 0.6) is 0 Å². The molecule has 0 saturated carbocycles. The summed E-state index contributed by atoms with van der Waals surface area (Å²) in [5.41, 5.74) is 0. The smallest absolute Gasteiger partial charge is 0.261 e. The normalized spacial score (nSPS) is 16.0. The van der Waals surface area contributed by atoms with Gasteiger partial charge in [-0.25, -0.2) is 0 Å². The van der Waals surface area contributed by atoms with Crippen LogP contribution in [0.4, 0.5) is 5.82 Å². The van der Waals surface area contributed by atoms with Crippen LogP contribution in [0.2, 0.25) is 0 Å². The molecule has 3 amide bonds. The Labute approximate surface area is 160 Å². The van der Waals surface area contributed by atoms with Crippen molar-refractivity contribution < 1.29 is 18.9 Å². The number of hydrogen-bond acceptors (Lipinski definition) is 6. The lowest BCUT2D eigenvalue weighted by Crippen LogP contribution is -2.50. The third-order valence-corrected chi connectivity index (χ3v) is 5.39. The van der Waals surface area contributed by atoms with Crippen molar-refractivity contribution in [1.82, 2.24) is 15.4 Å². The van der Waals surface area contributed by atoms with E-state index in [9.17, 15) is 14.4 Å². The summed E-state index contributed by atoms with van der Waals surface area (Å²) in [6.45, 7) is 4.40. The van der Waals surface area contributed by atoms with Crippen LogP contribution in [0.25, 0.3) is 0 Å². The van der Waals surface area contributed by atoms with Gasteiger partial charge in [0.2, 0.25) is 11.8 Å². The number of carbonyl (C=O) groups excluding carboxylic acids is 3. The fourth-order valence-electron chi connectivity index (χ4n) is 3.03. The highest BCUT2D eigenvalue weighted by atomic mass is 32.1. The van der Waals surface area contributed by atoms with E-state index >= 15 is 0 Å². The van der Waals surface area contributed by atoms with Crippen molar-refractivity contribution in [3.05, 3.63) is 34.2 Å². The second-order valence-electron chi connectivity index (χ2n) is 6.58. The number of aryl methyl sites for hydroxylation is 1. The summed E-state index contributed by atoms with van der Waals surface area (Å²) < 4.78 is 4.93. The summed E-state index contributed by atoms with van der Waals surface area (Å²) >= 11 is 1.33. The first-order valence-electron chi connectivity index (χ1n) is 8.81. The number of rotatable bonds is 5. The molecule has 0 bridgehead atoms. The average molecular weight is 390 g/mol. The zero-order chi connectivity index (χ0) is 19.4. The molecule has 2 N–H and O–H groups in total. The highest BCUT2D eigenvalue weighted by Gasteiger charge is 2.30. The van der Waals surface area contributed by atoms with Crippen molar-refractivity contribution in [1.29, 1.82) is 0 Å². The van der Waals surface area contributed by atoms with Crippen molar-refractivity contribution in [2.24, 2.45) is 5.92 Å². The van der Waals surface area contributed by atoms with Gasteiger partial charge in [0, 0.05) is 25.1 Å². The molecule has 2 aromatic rings. The highest BCUT2D eigenvalue weighted by molar-refractivity contribution is 7.12. The van der Waals surface area contributed by atoms with E-state index in [4.69, 9.17) is 4.52 Å². The summed E-state index contributed by atoms with van der Waals surface area (Å²) in [5, 5.41) is 11.0. The first kappa shape index (κ1) is 19.1. The van der Waals surface area contributed by atoms with Gasteiger partial charge in [0.25, 0.3) is 5.91 Å². The summed E-state index contributed by atoms with van der Waals surface area (Å²) in [6.07, 6.45) is 1.14. The molecule has 0 spiro atoms. The predicted octanol–water partition coefficient (Wildman–Crippen LogP) is 2.04. The lowest BCUT2D eigenvalue weighted by molar-refractivity contribution is -0.135. The molecule has 3 rings (SSSR count). The molecule has 144 valence electrons. The van der Waals surface area contributed by atoms with Gasteiger partial charge in [-0.2, -0.15) is 0 Å². The molecule has 1 aliphatic heterocycles. The number of likely N-dealkylation sites (tertiary alicyclic amines) is 1. The number of hydrogen-bond donors (Lipinski definition) is 2. The first-order chi connectivity index (χ1) is 12.9. The summed E-state index contributed by atoms with van der Waals surface area (Å²) in [4.78, 5) is 39.2. The molecule has 1 unspecified atom stereocenters. The molecular weight excluding hydrogens is 368 g/mol. The van der Waals surface area contributed by atoms with Crippen molar-refractivity contribution in [3.8, 4) is 0 Å². The van der Waals surface area contributed by atoms with E-state index in [-0.39, 0.29) is 23.6 Å². The van der Waals surface area contributed by atoms with Gasteiger partial charge in [0.1, 0.15) is 11.8 Å². The number of piperidine rings is 1. The molecular formula is C18H22N4O4S. The molecule has 0 aromatic carbocycles. The Morgan fingerprint density at radius 3 is 2.67 bits per heavy atom. The van der Waals surface area contributed by atoms with E-state index in [2.05, 4.69) is 15.8 Å². The molecule has 8 nitrogen and oxygen atoms in total. The van der Waals surface area contributed by atoms with Crippen molar-refractivity contribution in [2.45, 2.75) is 32.7 Å². The second-order valence-corrected chi connectivity index (χ2v) is 7.53. The Morgan fingerprint density at radius 2 is 2.07 bits per heavy atom. The minimum atomic E-state index is -0.608. The van der Waals surface area contributed by atoms with Gasteiger partial charge in [-0.1, -0.05) is 11.2 Å². The molecule has 27 heavy (non-hydrogen) atoms. The van der Waals surface area contributed by atoms with E-state index in [0.29, 0.717) is 42.4 Å².